The SMILES string of the molecule is COc1cc(C(=O)N2CC(C)(C)OCC2C(C)(C)O)cc(C)c1C. The molecule has 1 aromatic carbocycles. The normalized spacial score (nSPS) is 20.8. The first-order chi connectivity index (χ1) is 11.0. The summed E-state index contributed by atoms with van der Waals surface area (Å²) < 4.78 is 11.2. The predicted molar refractivity (Wildman–Crippen MR) is 93.6 cm³/mol. The van der Waals surface area contributed by atoms with Gasteiger partial charge in [-0.2, -0.15) is 0 Å². The quantitative estimate of drug-likeness (QED) is 0.923. The van der Waals surface area contributed by atoms with Crippen LogP contribution in [-0.2, 0) is 4.74 Å². The van der Waals surface area contributed by atoms with Crippen molar-refractivity contribution in [2.45, 2.75) is 58.8 Å². The first-order valence-electron chi connectivity index (χ1n) is 8.29. The summed E-state index contributed by atoms with van der Waals surface area (Å²) in [6, 6.07) is 3.25. The van der Waals surface area contributed by atoms with Crippen LogP contribution in [0.4, 0.5) is 0 Å². The summed E-state index contributed by atoms with van der Waals surface area (Å²) in [5, 5.41) is 10.5. The van der Waals surface area contributed by atoms with Crippen LogP contribution < -0.4 is 4.74 Å². The van der Waals surface area contributed by atoms with Crippen LogP contribution in [0.1, 0.15) is 49.2 Å². The highest BCUT2D eigenvalue weighted by atomic mass is 16.5. The number of morpholine rings is 1. The smallest absolute Gasteiger partial charge is 0.254 e. The molecule has 0 aromatic heterocycles. The fourth-order valence-corrected chi connectivity index (χ4v) is 3.09. The van der Waals surface area contributed by atoms with Gasteiger partial charge in [-0.1, -0.05) is 0 Å². The maximum absolute atomic E-state index is 13.2. The molecule has 0 radical (unpaired) electrons. The van der Waals surface area contributed by atoms with Gasteiger partial charge >= 0.3 is 0 Å². The van der Waals surface area contributed by atoms with E-state index in [-0.39, 0.29) is 5.91 Å². The zero-order valence-electron chi connectivity index (χ0n) is 15.8. The van der Waals surface area contributed by atoms with Crippen molar-refractivity contribution in [3.05, 3.63) is 28.8 Å². The standard InChI is InChI=1S/C19H29NO4/c1-12-8-14(9-15(23-7)13(12)2)17(21)20-11-18(3,4)24-10-16(20)19(5,6)22/h8-9,16,22H,10-11H2,1-7H3. The Morgan fingerprint density at radius 1 is 1.38 bits per heavy atom. The van der Waals surface area contributed by atoms with Gasteiger partial charge < -0.3 is 19.5 Å². The number of hydrogen-bond donors (Lipinski definition) is 1. The molecule has 0 saturated carbocycles. The minimum Gasteiger partial charge on any atom is -0.496 e. The summed E-state index contributed by atoms with van der Waals surface area (Å²) in [5.41, 5.74) is 1.11. The molecule has 1 atom stereocenters. The molecule has 5 heteroatoms. The highest BCUT2D eigenvalue weighted by molar-refractivity contribution is 5.95. The summed E-state index contributed by atoms with van der Waals surface area (Å²) in [7, 11) is 1.60. The molecule has 1 aliphatic rings. The highest BCUT2D eigenvalue weighted by Gasteiger charge is 2.43. The lowest BCUT2D eigenvalue weighted by molar-refractivity contribution is -0.145. The van der Waals surface area contributed by atoms with E-state index in [0.717, 1.165) is 11.1 Å². The molecule has 1 unspecified atom stereocenters. The van der Waals surface area contributed by atoms with Crippen LogP contribution >= 0.6 is 0 Å². The molecule has 1 saturated heterocycles. The fraction of sp³-hybridized carbons (Fsp3) is 0.632. The van der Waals surface area contributed by atoms with Gasteiger partial charge in [-0.15, -0.1) is 0 Å². The summed E-state index contributed by atoms with van der Waals surface area (Å²) in [6.07, 6.45) is 0. The van der Waals surface area contributed by atoms with Gasteiger partial charge in [0.05, 0.1) is 31.0 Å². The number of hydrogen-bond acceptors (Lipinski definition) is 4. The molecule has 1 fully saturated rings. The third-order valence-corrected chi connectivity index (χ3v) is 4.72. The van der Waals surface area contributed by atoms with E-state index in [2.05, 4.69) is 0 Å². The first-order valence-corrected chi connectivity index (χ1v) is 8.29. The van der Waals surface area contributed by atoms with Crippen LogP contribution in [0.15, 0.2) is 12.1 Å². The average molecular weight is 335 g/mol. The van der Waals surface area contributed by atoms with Gasteiger partial charge in [-0.05, 0) is 64.8 Å². The van der Waals surface area contributed by atoms with E-state index in [0.29, 0.717) is 24.5 Å². The number of amides is 1. The predicted octanol–water partition coefficient (Wildman–Crippen LogP) is 2.70. The second-order valence-corrected chi connectivity index (χ2v) is 7.79. The van der Waals surface area contributed by atoms with E-state index in [1.165, 1.54) is 0 Å². The van der Waals surface area contributed by atoms with Gasteiger partial charge in [0.1, 0.15) is 5.75 Å². The molecule has 2 rings (SSSR count). The maximum Gasteiger partial charge on any atom is 0.254 e. The second-order valence-electron chi connectivity index (χ2n) is 7.79. The zero-order valence-corrected chi connectivity index (χ0v) is 15.8. The van der Waals surface area contributed by atoms with Crippen LogP contribution in [-0.4, -0.2) is 53.4 Å². The number of aliphatic hydroxyl groups is 1. The largest absolute Gasteiger partial charge is 0.496 e. The van der Waals surface area contributed by atoms with Crippen LogP contribution in [0.2, 0.25) is 0 Å². The molecule has 1 heterocycles. The van der Waals surface area contributed by atoms with Crippen LogP contribution in [0.3, 0.4) is 0 Å². The number of nitrogens with zero attached hydrogens (tertiary/aromatic N) is 1. The molecule has 1 N–H and O–H groups in total. The van der Waals surface area contributed by atoms with Crippen LogP contribution in [0.5, 0.6) is 5.75 Å². The lowest BCUT2D eigenvalue weighted by Crippen LogP contribution is -2.62. The van der Waals surface area contributed by atoms with Gasteiger partial charge in [0.25, 0.3) is 5.91 Å². The van der Waals surface area contributed by atoms with E-state index in [1.54, 1.807) is 31.9 Å². The van der Waals surface area contributed by atoms with Crippen molar-refractivity contribution >= 4 is 5.91 Å². The lowest BCUT2D eigenvalue weighted by Gasteiger charge is -2.47. The van der Waals surface area contributed by atoms with Crippen molar-refractivity contribution < 1.29 is 19.4 Å². The van der Waals surface area contributed by atoms with Gasteiger partial charge in [-0.3, -0.25) is 4.79 Å². The number of carbonyl (C=O) groups excluding carboxylic acids is 1. The van der Waals surface area contributed by atoms with Crippen molar-refractivity contribution in [1.29, 1.82) is 0 Å². The third kappa shape index (κ3) is 3.73. The number of rotatable bonds is 3. The van der Waals surface area contributed by atoms with Gasteiger partial charge in [0.2, 0.25) is 0 Å². The Morgan fingerprint density at radius 3 is 2.54 bits per heavy atom. The minimum absolute atomic E-state index is 0.111. The Kier molecular flexibility index (Phi) is 4.98. The number of carbonyl (C=O) groups is 1. The summed E-state index contributed by atoms with van der Waals surface area (Å²) >= 11 is 0. The second kappa shape index (κ2) is 6.37. The van der Waals surface area contributed by atoms with Gasteiger partial charge in [-0.25, -0.2) is 0 Å². The molecule has 24 heavy (non-hydrogen) atoms. The zero-order chi connectivity index (χ0) is 18.3. The Labute approximate surface area is 144 Å². The molecule has 1 amide bonds. The van der Waals surface area contributed by atoms with Gasteiger partial charge in [0, 0.05) is 12.1 Å². The Hall–Kier alpha value is -1.59. The molecular weight excluding hydrogens is 306 g/mol. The maximum atomic E-state index is 13.2. The Balaban J connectivity index is 2.42. The van der Waals surface area contributed by atoms with E-state index in [1.807, 2.05) is 33.8 Å². The molecule has 1 aromatic rings. The monoisotopic (exact) mass is 335 g/mol. The molecule has 5 nitrogen and oxygen atoms in total. The van der Waals surface area contributed by atoms with Crippen LogP contribution in [0.25, 0.3) is 0 Å². The van der Waals surface area contributed by atoms with Crippen LogP contribution in [0, 0.1) is 13.8 Å². The molecule has 134 valence electrons. The average Bonchev–Trinajstić information content (AvgIpc) is 2.46. The number of benzene rings is 1. The van der Waals surface area contributed by atoms with Gasteiger partial charge in [0.15, 0.2) is 0 Å². The van der Waals surface area contributed by atoms with Crippen molar-refractivity contribution in [2.24, 2.45) is 0 Å². The van der Waals surface area contributed by atoms with E-state index < -0.39 is 17.2 Å². The highest BCUT2D eigenvalue weighted by Crippen LogP contribution is 2.30. The molecular formula is C19H29NO4. The Morgan fingerprint density at radius 2 is 2.00 bits per heavy atom. The summed E-state index contributed by atoms with van der Waals surface area (Å²) in [5.74, 6) is 0.588. The van der Waals surface area contributed by atoms with Crippen molar-refractivity contribution in [3.63, 3.8) is 0 Å². The summed E-state index contributed by atoms with van der Waals surface area (Å²) in [4.78, 5) is 14.9. The molecule has 0 aliphatic carbocycles. The minimum atomic E-state index is -1.05. The lowest BCUT2D eigenvalue weighted by atomic mass is 9.92. The molecule has 0 spiro atoms. The van der Waals surface area contributed by atoms with E-state index in [4.69, 9.17) is 9.47 Å². The number of methoxy groups -OCH3 is 1. The third-order valence-electron chi connectivity index (χ3n) is 4.72. The molecule has 0 bridgehead atoms. The summed E-state index contributed by atoms with van der Waals surface area (Å²) in [6.45, 7) is 12.0. The van der Waals surface area contributed by atoms with Crippen molar-refractivity contribution in [1.82, 2.24) is 4.90 Å². The van der Waals surface area contributed by atoms with Crippen molar-refractivity contribution in [2.75, 3.05) is 20.3 Å². The topological polar surface area (TPSA) is 59.0 Å². The van der Waals surface area contributed by atoms with E-state index in [9.17, 15) is 9.90 Å². The first kappa shape index (κ1) is 18.7. The fourth-order valence-electron chi connectivity index (χ4n) is 3.09. The van der Waals surface area contributed by atoms with Crippen molar-refractivity contribution in [3.8, 4) is 5.75 Å². The molecule has 1 aliphatic heterocycles. The Bertz CT molecular complexity index is 631. The number of ether oxygens (including phenoxy) is 2. The number of aryl methyl sites for hydroxylation is 1. The van der Waals surface area contributed by atoms with E-state index >= 15 is 0 Å².